The van der Waals surface area contributed by atoms with Crippen LogP contribution in [-0.2, 0) is 22.0 Å². The largest absolute Gasteiger partial charge is 0.507 e. The van der Waals surface area contributed by atoms with Crippen molar-refractivity contribution >= 4 is 5.78 Å². The van der Waals surface area contributed by atoms with Crippen LogP contribution in [0.2, 0.25) is 0 Å². The molecule has 0 fully saturated rings. The highest BCUT2D eigenvalue weighted by Gasteiger charge is 2.26. The van der Waals surface area contributed by atoms with Crippen molar-refractivity contribution in [3.8, 4) is 5.75 Å². The van der Waals surface area contributed by atoms with Gasteiger partial charge >= 0.3 is 0 Å². The second-order valence-electron chi connectivity index (χ2n) is 13.3. The first-order valence-electron chi connectivity index (χ1n) is 15.4. The molecule has 0 aliphatic rings. The third-order valence-electron chi connectivity index (χ3n) is 7.54. The van der Waals surface area contributed by atoms with Gasteiger partial charge in [0.05, 0.1) is 0 Å². The predicted molar refractivity (Wildman–Crippen MR) is 158 cm³/mol. The van der Waals surface area contributed by atoms with Gasteiger partial charge in [-0.15, -0.1) is 0 Å². The van der Waals surface area contributed by atoms with Crippen molar-refractivity contribution in [1.82, 2.24) is 0 Å². The molecule has 2 nitrogen and oxygen atoms in total. The van der Waals surface area contributed by atoms with Gasteiger partial charge in [-0.3, -0.25) is 4.79 Å². The van der Waals surface area contributed by atoms with Crippen LogP contribution in [0.1, 0.15) is 174 Å². The van der Waals surface area contributed by atoms with Crippen LogP contribution in [0.4, 0.5) is 0 Å². The summed E-state index contributed by atoms with van der Waals surface area (Å²) in [4.78, 5) is 12.5. The Morgan fingerprint density at radius 2 is 0.972 bits per heavy atom. The summed E-state index contributed by atoms with van der Waals surface area (Å²) < 4.78 is 0. The van der Waals surface area contributed by atoms with Crippen LogP contribution in [0.3, 0.4) is 0 Å². The molecule has 1 rings (SSSR count). The molecule has 1 N–H and O–H groups in total. The number of phenolic OH excluding ortho intramolecular Hbond substituents is 1. The minimum atomic E-state index is -0.127. The van der Waals surface area contributed by atoms with Gasteiger partial charge in [0.25, 0.3) is 0 Å². The van der Waals surface area contributed by atoms with Gasteiger partial charge in [0, 0.05) is 12.8 Å². The lowest BCUT2D eigenvalue weighted by molar-refractivity contribution is -0.119. The SMILES string of the molecule is CCCCCCCCCCCCCCCCCC(=O)CCc1cc(C(C)(C)C)c(O)c(C(C)(C)C)c1. The molecule has 0 aliphatic heterocycles. The quantitative estimate of drug-likeness (QED) is 0.192. The van der Waals surface area contributed by atoms with Gasteiger partial charge in [-0.25, -0.2) is 0 Å². The Morgan fingerprint density at radius 1 is 0.611 bits per heavy atom. The average molecular weight is 501 g/mol. The molecule has 0 bridgehead atoms. The number of Topliss-reactive ketones (excluding diaryl/α,β-unsaturated/α-hetero) is 1. The molecule has 2 heteroatoms. The van der Waals surface area contributed by atoms with E-state index >= 15 is 0 Å². The number of carbonyl (C=O) groups is 1. The van der Waals surface area contributed by atoms with E-state index in [-0.39, 0.29) is 10.8 Å². The summed E-state index contributed by atoms with van der Waals surface area (Å²) in [5, 5.41) is 10.9. The highest BCUT2D eigenvalue weighted by molar-refractivity contribution is 5.78. The van der Waals surface area contributed by atoms with Gasteiger partial charge in [0.1, 0.15) is 11.5 Å². The van der Waals surface area contributed by atoms with Crippen LogP contribution in [0.15, 0.2) is 12.1 Å². The Labute approximate surface area is 225 Å². The molecule has 0 aromatic heterocycles. The fourth-order valence-electron chi connectivity index (χ4n) is 5.08. The van der Waals surface area contributed by atoms with E-state index in [4.69, 9.17) is 0 Å². The van der Waals surface area contributed by atoms with Crippen LogP contribution in [0.25, 0.3) is 0 Å². The number of phenols is 1. The Balaban J connectivity index is 2.20. The summed E-state index contributed by atoms with van der Waals surface area (Å²) >= 11 is 0. The van der Waals surface area contributed by atoms with E-state index in [1.54, 1.807) is 0 Å². The summed E-state index contributed by atoms with van der Waals surface area (Å²) in [6, 6.07) is 4.23. The topological polar surface area (TPSA) is 37.3 Å². The second kappa shape index (κ2) is 17.2. The van der Waals surface area contributed by atoms with Crippen LogP contribution in [0.5, 0.6) is 5.75 Å². The van der Waals surface area contributed by atoms with E-state index in [1.165, 1.54) is 95.5 Å². The summed E-state index contributed by atoms with van der Waals surface area (Å²) in [5.41, 5.74) is 2.89. The molecule has 1 aromatic carbocycles. The van der Waals surface area contributed by atoms with Crippen LogP contribution >= 0.6 is 0 Å². The lowest BCUT2D eigenvalue weighted by Gasteiger charge is -2.28. The van der Waals surface area contributed by atoms with Crippen molar-refractivity contribution in [3.05, 3.63) is 28.8 Å². The Bertz CT molecular complexity index is 698. The molecule has 0 heterocycles. The number of unbranched alkanes of at least 4 members (excludes halogenated alkanes) is 14. The third-order valence-corrected chi connectivity index (χ3v) is 7.54. The zero-order chi connectivity index (χ0) is 27.0. The second-order valence-corrected chi connectivity index (χ2v) is 13.3. The van der Waals surface area contributed by atoms with E-state index < -0.39 is 0 Å². The lowest BCUT2D eigenvalue weighted by atomic mass is 9.78. The third kappa shape index (κ3) is 13.8. The van der Waals surface area contributed by atoms with Crippen LogP contribution in [-0.4, -0.2) is 10.9 Å². The van der Waals surface area contributed by atoms with Gasteiger partial charge in [-0.05, 0) is 40.4 Å². The van der Waals surface area contributed by atoms with Crippen LogP contribution in [0, 0.1) is 0 Å². The van der Waals surface area contributed by atoms with Crippen molar-refractivity contribution in [2.75, 3.05) is 0 Å². The van der Waals surface area contributed by atoms with Gasteiger partial charge in [0.2, 0.25) is 0 Å². The maximum Gasteiger partial charge on any atom is 0.133 e. The molecule has 36 heavy (non-hydrogen) atoms. The van der Waals surface area contributed by atoms with Gasteiger partial charge in [0.15, 0.2) is 0 Å². The molecule has 0 saturated heterocycles. The molecule has 0 aliphatic carbocycles. The molecule has 0 saturated carbocycles. The van der Waals surface area contributed by atoms with Crippen molar-refractivity contribution in [2.45, 2.75) is 175 Å². The molecule has 0 spiro atoms. The molecular weight excluding hydrogens is 440 g/mol. The van der Waals surface area contributed by atoms with Crippen molar-refractivity contribution in [2.24, 2.45) is 0 Å². The Kier molecular flexibility index (Phi) is 15.7. The highest BCUT2D eigenvalue weighted by atomic mass is 16.3. The van der Waals surface area contributed by atoms with Crippen molar-refractivity contribution < 1.29 is 9.90 Å². The van der Waals surface area contributed by atoms with E-state index in [2.05, 4.69) is 60.6 Å². The predicted octanol–water partition coefficient (Wildman–Crippen LogP) is 10.8. The highest BCUT2D eigenvalue weighted by Crippen LogP contribution is 2.40. The number of ketones is 1. The number of aromatic hydroxyl groups is 1. The molecule has 0 atom stereocenters. The number of hydrogen-bond acceptors (Lipinski definition) is 2. The van der Waals surface area contributed by atoms with Crippen molar-refractivity contribution in [1.29, 1.82) is 0 Å². The molecule has 0 amide bonds. The first-order valence-corrected chi connectivity index (χ1v) is 15.4. The number of benzene rings is 1. The standard InChI is InChI=1S/C34H60O2/c1-8-9-10-11-12-13-14-15-16-17-18-19-20-21-22-23-29(35)25-24-28-26-30(33(2,3)4)32(36)31(27-28)34(5,6)7/h26-27,36H,8-25H2,1-7H3. The molecule has 0 radical (unpaired) electrons. The number of hydrogen-bond donors (Lipinski definition) is 1. The van der Waals surface area contributed by atoms with Crippen molar-refractivity contribution in [3.63, 3.8) is 0 Å². The number of aryl methyl sites for hydroxylation is 1. The van der Waals surface area contributed by atoms with E-state index in [1.807, 2.05) is 0 Å². The molecular formula is C34H60O2. The molecule has 208 valence electrons. The smallest absolute Gasteiger partial charge is 0.133 e. The normalized spacial score (nSPS) is 12.3. The first-order chi connectivity index (χ1) is 17.0. The van der Waals surface area contributed by atoms with Gasteiger partial charge in [-0.2, -0.15) is 0 Å². The minimum Gasteiger partial charge on any atom is -0.507 e. The average Bonchev–Trinajstić information content (AvgIpc) is 2.79. The number of carbonyl (C=O) groups excluding carboxylic acids is 1. The lowest BCUT2D eigenvalue weighted by Crippen LogP contribution is -2.18. The zero-order valence-electron chi connectivity index (χ0n) is 25.2. The van der Waals surface area contributed by atoms with E-state index in [9.17, 15) is 9.90 Å². The van der Waals surface area contributed by atoms with Crippen LogP contribution < -0.4 is 0 Å². The fraction of sp³-hybridized carbons (Fsp3) is 0.794. The maximum atomic E-state index is 12.5. The minimum absolute atomic E-state index is 0.127. The molecule has 0 unspecified atom stereocenters. The maximum absolute atomic E-state index is 12.5. The summed E-state index contributed by atoms with van der Waals surface area (Å²) in [6.45, 7) is 15.1. The fourth-order valence-corrected chi connectivity index (χ4v) is 5.08. The van der Waals surface area contributed by atoms with Gasteiger partial charge in [-0.1, -0.05) is 150 Å². The summed E-state index contributed by atoms with van der Waals surface area (Å²) in [6.07, 6.45) is 22.4. The monoisotopic (exact) mass is 500 g/mol. The van der Waals surface area contributed by atoms with E-state index in [0.29, 0.717) is 24.4 Å². The van der Waals surface area contributed by atoms with E-state index in [0.717, 1.165) is 24.0 Å². The van der Waals surface area contributed by atoms with Gasteiger partial charge < -0.3 is 5.11 Å². The first kappa shape index (κ1) is 32.7. The Hall–Kier alpha value is -1.31. The number of rotatable bonds is 19. The zero-order valence-corrected chi connectivity index (χ0v) is 25.2. The summed E-state index contributed by atoms with van der Waals surface area (Å²) in [7, 11) is 0. The molecule has 1 aromatic rings. The Morgan fingerprint density at radius 3 is 1.33 bits per heavy atom. The summed E-state index contributed by atoms with van der Waals surface area (Å²) in [5.74, 6) is 0.801.